The number of fused-ring (bicyclic) bond motifs is 4. The Hall–Kier alpha value is -1.89. The highest BCUT2D eigenvalue weighted by Crippen LogP contribution is 2.43. The molecule has 4 fully saturated rings. The number of ether oxygens (including phenoxy) is 1. The fraction of sp³-hybridized carbons (Fsp3) is 0.640. The Labute approximate surface area is 184 Å². The molecule has 1 aromatic carbocycles. The van der Waals surface area contributed by atoms with E-state index >= 15 is 0 Å². The molecule has 0 saturated carbocycles. The molecule has 0 aliphatic carbocycles. The molecule has 0 amide bonds. The van der Waals surface area contributed by atoms with Gasteiger partial charge >= 0.3 is 0 Å². The van der Waals surface area contributed by atoms with Crippen molar-refractivity contribution in [2.45, 2.75) is 57.3 Å². The quantitative estimate of drug-likeness (QED) is 0.766. The summed E-state index contributed by atoms with van der Waals surface area (Å²) < 4.78 is 5.48. The van der Waals surface area contributed by atoms with Gasteiger partial charge in [0.2, 0.25) is 0 Å². The van der Waals surface area contributed by atoms with Gasteiger partial charge in [0.25, 0.3) is 0 Å². The van der Waals surface area contributed by atoms with E-state index in [1.165, 1.54) is 12.8 Å². The first-order valence-corrected chi connectivity index (χ1v) is 11.9. The molecule has 5 atom stereocenters. The fourth-order valence-electron chi connectivity index (χ4n) is 6.02. The highest BCUT2D eigenvalue weighted by molar-refractivity contribution is 5.86. The van der Waals surface area contributed by atoms with Crippen LogP contribution in [0, 0.1) is 11.8 Å². The standard InChI is InChI=1S/C25H35N3O3/c1-3-16-15-28-9-6-17(16)12-23(28)25(30)21-14-24(27-10-7-18(29)8-11-27)26-22-5-4-19(31-2)13-20(21)22/h4-5,13-14,16-18,23,25,29-30H,3,6-12,15H2,1-2H3/t16-,17-,23-,25+/m0/s1. The lowest BCUT2D eigenvalue weighted by molar-refractivity contribution is -0.0562. The van der Waals surface area contributed by atoms with Gasteiger partial charge in [-0.1, -0.05) is 13.3 Å². The number of aliphatic hydroxyl groups excluding tert-OH is 2. The number of rotatable bonds is 5. The van der Waals surface area contributed by atoms with Gasteiger partial charge in [0, 0.05) is 31.1 Å². The molecule has 6 heteroatoms. The molecule has 4 aliphatic heterocycles. The second-order valence-electron chi connectivity index (χ2n) is 9.63. The molecule has 2 aromatic rings. The van der Waals surface area contributed by atoms with Crippen molar-refractivity contribution in [2.24, 2.45) is 11.8 Å². The van der Waals surface area contributed by atoms with Crippen LogP contribution >= 0.6 is 0 Å². The Morgan fingerprint density at radius 1 is 1.16 bits per heavy atom. The van der Waals surface area contributed by atoms with Gasteiger partial charge in [-0.2, -0.15) is 0 Å². The Morgan fingerprint density at radius 2 is 1.97 bits per heavy atom. The summed E-state index contributed by atoms with van der Waals surface area (Å²) >= 11 is 0. The summed E-state index contributed by atoms with van der Waals surface area (Å²) in [5.41, 5.74) is 1.84. The predicted molar refractivity (Wildman–Crippen MR) is 123 cm³/mol. The third-order valence-corrected chi connectivity index (χ3v) is 7.97. The van der Waals surface area contributed by atoms with E-state index in [9.17, 15) is 10.2 Å². The molecule has 2 bridgehead atoms. The van der Waals surface area contributed by atoms with Gasteiger partial charge in [0.05, 0.1) is 24.8 Å². The first kappa shape index (κ1) is 21.0. The Bertz CT molecular complexity index is 928. The largest absolute Gasteiger partial charge is 0.497 e. The van der Waals surface area contributed by atoms with Crippen molar-refractivity contribution < 1.29 is 14.9 Å². The van der Waals surface area contributed by atoms with Crippen LogP contribution in [0.5, 0.6) is 5.75 Å². The van der Waals surface area contributed by atoms with Gasteiger partial charge in [-0.15, -0.1) is 0 Å². The molecule has 1 aromatic heterocycles. The topological polar surface area (TPSA) is 69.1 Å². The summed E-state index contributed by atoms with van der Waals surface area (Å²) in [6.07, 6.45) is 4.31. The molecular weight excluding hydrogens is 390 g/mol. The Morgan fingerprint density at radius 3 is 2.65 bits per heavy atom. The Balaban J connectivity index is 1.52. The maximum Gasteiger partial charge on any atom is 0.129 e. The van der Waals surface area contributed by atoms with Gasteiger partial charge in [0.1, 0.15) is 11.6 Å². The van der Waals surface area contributed by atoms with Crippen molar-refractivity contribution in [1.29, 1.82) is 0 Å². The van der Waals surface area contributed by atoms with Crippen molar-refractivity contribution >= 4 is 16.7 Å². The van der Waals surface area contributed by atoms with Gasteiger partial charge in [0.15, 0.2) is 0 Å². The molecule has 5 heterocycles. The van der Waals surface area contributed by atoms with Crippen molar-refractivity contribution in [3.63, 3.8) is 0 Å². The number of aliphatic hydroxyl groups is 2. The molecular formula is C25H35N3O3. The summed E-state index contributed by atoms with van der Waals surface area (Å²) in [4.78, 5) is 9.68. The van der Waals surface area contributed by atoms with Gasteiger partial charge in [-0.25, -0.2) is 4.98 Å². The normalized spacial score (nSPS) is 30.0. The Kier molecular flexibility index (Phi) is 5.80. The number of nitrogens with zero attached hydrogens (tertiary/aromatic N) is 3. The van der Waals surface area contributed by atoms with Gasteiger partial charge in [-0.05, 0) is 73.9 Å². The van der Waals surface area contributed by atoms with Crippen LogP contribution in [0.1, 0.15) is 50.7 Å². The maximum atomic E-state index is 11.7. The second-order valence-corrected chi connectivity index (χ2v) is 9.63. The van der Waals surface area contributed by atoms with E-state index in [1.807, 2.05) is 18.2 Å². The average molecular weight is 426 g/mol. The molecule has 1 unspecified atom stereocenters. The van der Waals surface area contributed by atoms with Crippen LogP contribution in [0.4, 0.5) is 5.82 Å². The zero-order valence-corrected chi connectivity index (χ0v) is 18.7. The van der Waals surface area contributed by atoms with E-state index < -0.39 is 6.10 Å². The molecule has 0 radical (unpaired) electrons. The van der Waals surface area contributed by atoms with Crippen molar-refractivity contribution in [3.8, 4) is 5.75 Å². The SMILES string of the molecule is CC[C@H]1CN2CC[C@H]1C[C@H]2[C@H](O)c1cc(N2CCC(O)CC2)nc2ccc(OC)cc12. The number of hydrogen-bond donors (Lipinski definition) is 2. The molecule has 6 nitrogen and oxygen atoms in total. The highest BCUT2D eigenvalue weighted by Gasteiger charge is 2.42. The van der Waals surface area contributed by atoms with E-state index in [-0.39, 0.29) is 12.1 Å². The first-order chi connectivity index (χ1) is 15.1. The summed E-state index contributed by atoms with van der Waals surface area (Å²) in [5, 5.41) is 22.6. The van der Waals surface area contributed by atoms with E-state index in [1.54, 1.807) is 7.11 Å². The first-order valence-electron chi connectivity index (χ1n) is 11.9. The summed E-state index contributed by atoms with van der Waals surface area (Å²) in [7, 11) is 1.68. The maximum absolute atomic E-state index is 11.7. The number of aromatic nitrogens is 1. The highest BCUT2D eigenvalue weighted by atomic mass is 16.5. The van der Waals surface area contributed by atoms with E-state index in [2.05, 4.69) is 22.8 Å². The minimum absolute atomic E-state index is 0.161. The molecule has 6 rings (SSSR count). The van der Waals surface area contributed by atoms with Crippen molar-refractivity contribution in [3.05, 3.63) is 29.8 Å². The van der Waals surface area contributed by atoms with Gasteiger partial charge in [-0.3, -0.25) is 4.90 Å². The summed E-state index contributed by atoms with van der Waals surface area (Å²) in [6.45, 7) is 6.07. The molecule has 168 valence electrons. The van der Waals surface area contributed by atoms with Crippen LogP contribution in [-0.4, -0.2) is 65.5 Å². The molecule has 0 spiro atoms. The summed E-state index contributed by atoms with van der Waals surface area (Å²) in [5.74, 6) is 3.18. The van der Waals surface area contributed by atoms with Crippen LogP contribution < -0.4 is 9.64 Å². The molecule has 4 saturated heterocycles. The zero-order chi connectivity index (χ0) is 21.5. The van der Waals surface area contributed by atoms with Crippen molar-refractivity contribution in [1.82, 2.24) is 9.88 Å². The number of benzene rings is 1. The van der Waals surface area contributed by atoms with Crippen molar-refractivity contribution in [2.75, 3.05) is 38.2 Å². The van der Waals surface area contributed by atoms with Crippen LogP contribution in [0.3, 0.4) is 0 Å². The monoisotopic (exact) mass is 425 g/mol. The van der Waals surface area contributed by atoms with E-state index in [0.717, 1.165) is 85.3 Å². The minimum atomic E-state index is -0.549. The number of anilines is 1. The third-order valence-electron chi connectivity index (χ3n) is 7.97. The zero-order valence-electron chi connectivity index (χ0n) is 18.7. The smallest absolute Gasteiger partial charge is 0.129 e. The van der Waals surface area contributed by atoms with Crippen LogP contribution in [0.2, 0.25) is 0 Å². The second kappa shape index (κ2) is 8.57. The lowest BCUT2D eigenvalue weighted by Gasteiger charge is -2.51. The van der Waals surface area contributed by atoms with Gasteiger partial charge < -0.3 is 19.8 Å². The van der Waals surface area contributed by atoms with Crippen LogP contribution in [-0.2, 0) is 0 Å². The number of methoxy groups -OCH3 is 1. The van der Waals surface area contributed by atoms with E-state index in [0.29, 0.717) is 0 Å². The lowest BCUT2D eigenvalue weighted by Crippen LogP contribution is -2.55. The minimum Gasteiger partial charge on any atom is -0.497 e. The molecule has 2 N–H and O–H groups in total. The predicted octanol–water partition coefficient (Wildman–Crippen LogP) is 3.36. The third kappa shape index (κ3) is 3.90. The summed E-state index contributed by atoms with van der Waals surface area (Å²) in [6, 6.07) is 8.19. The number of piperidine rings is 4. The lowest BCUT2D eigenvalue weighted by atomic mass is 9.72. The number of pyridine rings is 1. The van der Waals surface area contributed by atoms with E-state index in [4.69, 9.17) is 9.72 Å². The average Bonchev–Trinajstić information content (AvgIpc) is 2.83. The fourth-order valence-corrected chi connectivity index (χ4v) is 6.02. The van der Waals surface area contributed by atoms with Crippen LogP contribution in [0.25, 0.3) is 10.9 Å². The number of hydrogen-bond acceptors (Lipinski definition) is 6. The molecule has 4 aliphatic rings. The van der Waals surface area contributed by atoms with Crippen LogP contribution in [0.15, 0.2) is 24.3 Å². The molecule has 31 heavy (non-hydrogen) atoms.